The van der Waals surface area contributed by atoms with Crippen molar-refractivity contribution < 1.29 is 29.4 Å². The molecule has 2 aromatic heterocycles. The van der Waals surface area contributed by atoms with Crippen molar-refractivity contribution in [2.45, 2.75) is 0 Å². The van der Waals surface area contributed by atoms with Crippen molar-refractivity contribution >= 4 is 47.0 Å². The van der Waals surface area contributed by atoms with Gasteiger partial charge < -0.3 is 30.4 Å². The molecule has 0 radical (unpaired) electrons. The molecular formula is C20H19BN4O6S. The van der Waals surface area contributed by atoms with Crippen LogP contribution in [0.1, 0.15) is 0 Å². The van der Waals surface area contributed by atoms with Crippen molar-refractivity contribution in [1.29, 1.82) is 0 Å². The van der Waals surface area contributed by atoms with Gasteiger partial charge in [-0.15, -0.1) is 0 Å². The fourth-order valence-electron chi connectivity index (χ4n) is 3.12. The molecule has 164 valence electrons. The molecule has 0 saturated carbocycles. The third kappa shape index (κ3) is 4.62. The number of thiazole rings is 1. The van der Waals surface area contributed by atoms with E-state index in [9.17, 15) is 10.0 Å². The summed E-state index contributed by atoms with van der Waals surface area (Å²) in [5, 5.41) is 36.8. The molecule has 2 heterocycles. The van der Waals surface area contributed by atoms with Gasteiger partial charge in [0.25, 0.3) is 6.47 Å². The van der Waals surface area contributed by atoms with Crippen LogP contribution in [-0.2, 0) is 4.79 Å². The number of benzene rings is 2. The van der Waals surface area contributed by atoms with Crippen LogP contribution in [0.3, 0.4) is 0 Å². The summed E-state index contributed by atoms with van der Waals surface area (Å²) in [5.74, 6) is 0.345. The Labute approximate surface area is 187 Å². The second-order valence-electron chi connectivity index (χ2n) is 6.34. The molecule has 0 aliphatic rings. The van der Waals surface area contributed by atoms with Gasteiger partial charge in [-0.2, -0.15) is 10.2 Å². The molecule has 2 aromatic carbocycles. The number of hydrogen-bond acceptors (Lipinski definition) is 10. The summed E-state index contributed by atoms with van der Waals surface area (Å²) >= 11 is 1.37. The highest BCUT2D eigenvalue weighted by molar-refractivity contribution is 7.16. The summed E-state index contributed by atoms with van der Waals surface area (Å²) < 4.78 is 10.6. The van der Waals surface area contributed by atoms with Crippen molar-refractivity contribution in [3.63, 3.8) is 0 Å². The number of fused-ring (bicyclic) bond motifs is 1. The SMILES string of the molecule is COc1cnc(-c2cc(OC)c(B(O)O)cc2-c2ccc3c(N)cnnc3c2)s1.O=CO. The summed E-state index contributed by atoms with van der Waals surface area (Å²) in [4.78, 5) is 12.8. The monoisotopic (exact) mass is 454 g/mol. The summed E-state index contributed by atoms with van der Waals surface area (Å²) in [7, 11) is 1.36. The Morgan fingerprint density at radius 2 is 1.84 bits per heavy atom. The van der Waals surface area contributed by atoms with E-state index in [1.54, 1.807) is 25.4 Å². The van der Waals surface area contributed by atoms with Gasteiger partial charge in [0.05, 0.1) is 37.8 Å². The van der Waals surface area contributed by atoms with Crippen LogP contribution < -0.4 is 20.7 Å². The number of carbonyl (C=O) groups is 1. The Hall–Kier alpha value is -3.74. The van der Waals surface area contributed by atoms with Gasteiger partial charge in [0.2, 0.25) is 0 Å². The summed E-state index contributed by atoms with van der Waals surface area (Å²) in [5.41, 5.74) is 9.68. The highest BCUT2D eigenvalue weighted by atomic mass is 32.1. The molecule has 0 unspecified atom stereocenters. The molecular weight excluding hydrogens is 435 g/mol. The number of nitrogen functional groups attached to an aromatic ring is 1. The lowest BCUT2D eigenvalue weighted by Crippen LogP contribution is -2.31. The maximum Gasteiger partial charge on any atom is 0.492 e. The lowest BCUT2D eigenvalue weighted by molar-refractivity contribution is -0.122. The minimum absolute atomic E-state index is 0.244. The fraction of sp³-hybridized carbons (Fsp3) is 0.100. The number of aromatic nitrogens is 3. The van der Waals surface area contributed by atoms with E-state index in [0.717, 1.165) is 22.1 Å². The molecule has 0 bridgehead atoms. The standard InChI is InChI=1S/C19H17BN4O4S.CH2O2/c1-27-17-7-13(19-22-9-18(28-2)29-19)12(6-14(17)20(25)26)10-3-4-11-15(21)8-23-24-16(11)5-10;2-1-3/h3-9,25-26H,1-2H3,(H2,21,24);1H,(H,2,3). The van der Waals surface area contributed by atoms with Crippen molar-refractivity contribution in [3.8, 4) is 32.5 Å². The van der Waals surface area contributed by atoms with Crippen molar-refractivity contribution in [2.24, 2.45) is 0 Å². The maximum atomic E-state index is 9.82. The van der Waals surface area contributed by atoms with Crippen LogP contribution >= 0.6 is 11.3 Å². The zero-order valence-corrected chi connectivity index (χ0v) is 17.9. The fourth-order valence-corrected chi connectivity index (χ4v) is 3.88. The number of ether oxygens (including phenoxy) is 2. The first-order valence-corrected chi connectivity index (χ1v) is 9.92. The highest BCUT2D eigenvalue weighted by Gasteiger charge is 2.23. The molecule has 4 aromatic rings. The molecule has 0 amide bonds. The quantitative estimate of drug-likeness (QED) is 0.256. The Morgan fingerprint density at radius 1 is 1.09 bits per heavy atom. The van der Waals surface area contributed by atoms with E-state index in [2.05, 4.69) is 15.2 Å². The number of carboxylic acid groups (broad SMARTS) is 1. The normalized spacial score (nSPS) is 10.2. The Balaban J connectivity index is 0.000000913. The van der Waals surface area contributed by atoms with Crippen LogP contribution in [0.25, 0.3) is 32.6 Å². The van der Waals surface area contributed by atoms with Crippen LogP contribution in [0.5, 0.6) is 10.8 Å². The van der Waals surface area contributed by atoms with Gasteiger partial charge in [-0.05, 0) is 29.3 Å². The number of nitrogens with two attached hydrogens (primary N) is 1. The predicted molar refractivity (Wildman–Crippen MR) is 122 cm³/mol. The average Bonchev–Trinajstić information content (AvgIpc) is 3.28. The Morgan fingerprint density at radius 3 is 2.47 bits per heavy atom. The molecule has 0 spiro atoms. The van der Waals surface area contributed by atoms with Crippen molar-refractivity contribution in [2.75, 3.05) is 20.0 Å². The van der Waals surface area contributed by atoms with Gasteiger partial charge in [-0.1, -0.05) is 23.5 Å². The van der Waals surface area contributed by atoms with Crippen LogP contribution in [-0.4, -0.2) is 58.1 Å². The number of nitrogens with zero attached hydrogens (tertiary/aromatic N) is 3. The van der Waals surface area contributed by atoms with E-state index in [4.69, 9.17) is 25.1 Å². The molecule has 10 nitrogen and oxygen atoms in total. The van der Waals surface area contributed by atoms with Crippen LogP contribution in [0.2, 0.25) is 0 Å². The molecule has 5 N–H and O–H groups in total. The van der Waals surface area contributed by atoms with Crippen molar-refractivity contribution in [1.82, 2.24) is 15.2 Å². The zero-order valence-electron chi connectivity index (χ0n) is 17.1. The summed E-state index contributed by atoms with van der Waals surface area (Å²) in [6.07, 6.45) is 3.14. The van der Waals surface area contributed by atoms with Crippen LogP contribution in [0, 0.1) is 0 Å². The van der Waals surface area contributed by atoms with E-state index < -0.39 is 7.12 Å². The van der Waals surface area contributed by atoms with Crippen molar-refractivity contribution in [3.05, 3.63) is 42.7 Å². The zero-order chi connectivity index (χ0) is 23.3. The number of rotatable bonds is 5. The largest absolute Gasteiger partial charge is 0.497 e. The van der Waals surface area contributed by atoms with Crippen LogP contribution in [0.15, 0.2) is 42.7 Å². The molecule has 0 fully saturated rings. The first-order chi connectivity index (χ1) is 15.4. The van der Waals surface area contributed by atoms with Crippen LogP contribution in [0.4, 0.5) is 5.69 Å². The third-order valence-corrected chi connectivity index (χ3v) is 5.54. The highest BCUT2D eigenvalue weighted by Crippen LogP contribution is 2.39. The Kier molecular flexibility index (Phi) is 7.20. The van der Waals surface area contributed by atoms with Gasteiger partial charge in [0.1, 0.15) is 10.8 Å². The van der Waals surface area contributed by atoms with E-state index in [0.29, 0.717) is 27.0 Å². The van der Waals surface area contributed by atoms with Gasteiger partial charge >= 0.3 is 7.12 Å². The molecule has 0 aliphatic heterocycles. The van der Waals surface area contributed by atoms with Gasteiger partial charge in [-0.25, -0.2) is 4.98 Å². The minimum atomic E-state index is -1.69. The second-order valence-corrected chi connectivity index (χ2v) is 7.33. The van der Waals surface area contributed by atoms with E-state index in [-0.39, 0.29) is 11.9 Å². The second kappa shape index (κ2) is 10.0. The van der Waals surface area contributed by atoms with Gasteiger partial charge in [0, 0.05) is 16.4 Å². The average molecular weight is 454 g/mol. The Bertz CT molecular complexity index is 1250. The molecule has 0 saturated heterocycles. The molecule has 32 heavy (non-hydrogen) atoms. The summed E-state index contributed by atoms with van der Waals surface area (Å²) in [6, 6.07) is 9.01. The van der Waals surface area contributed by atoms with Gasteiger partial charge in [0.15, 0.2) is 5.06 Å². The third-order valence-electron chi connectivity index (χ3n) is 4.55. The lowest BCUT2D eigenvalue weighted by atomic mass is 9.77. The first kappa shape index (κ1) is 22.9. The van der Waals surface area contributed by atoms with Gasteiger partial charge in [-0.3, -0.25) is 4.79 Å². The number of hydrogen-bond donors (Lipinski definition) is 4. The van der Waals surface area contributed by atoms with E-state index in [1.165, 1.54) is 24.6 Å². The molecule has 4 rings (SSSR count). The van der Waals surface area contributed by atoms with E-state index >= 15 is 0 Å². The molecule has 12 heteroatoms. The maximum absolute atomic E-state index is 9.82. The number of anilines is 1. The number of methoxy groups -OCH3 is 2. The predicted octanol–water partition coefficient (Wildman–Crippen LogP) is 1.40. The first-order valence-electron chi connectivity index (χ1n) is 9.10. The smallest absolute Gasteiger partial charge is 0.492 e. The summed E-state index contributed by atoms with van der Waals surface area (Å²) in [6.45, 7) is -0.250. The van der Waals surface area contributed by atoms with E-state index in [1.807, 2.05) is 18.2 Å². The molecule has 0 atom stereocenters. The lowest BCUT2D eigenvalue weighted by Gasteiger charge is -2.15. The topological polar surface area (TPSA) is 161 Å². The molecule has 0 aliphatic carbocycles. The minimum Gasteiger partial charge on any atom is -0.497 e.